The molecular formula is C91H57N5. The minimum atomic E-state index is 0.581. The first kappa shape index (κ1) is 56.0. The maximum Gasteiger partial charge on any atom is 0.164 e. The van der Waals surface area contributed by atoms with Crippen LogP contribution in [0.4, 0.5) is 0 Å². The average molecular weight is 1220 g/mol. The van der Waals surface area contributed by atoms with E-state index >= 15 is 0 Å². The van der Waals surface area contributed by atoms with Crippen molar-refractivity contribution in [2.75, 3.05) is 0 Å². The predicted octanol–water partition coefficient (Wildman–Crippen LogP) is 23.9. The van der Waals surface area contributed by atoms with Crippen LogP contribution in [0.5, 0.6) is 0 Å². The first-order chi connectivity index (χ1) is 47.6. The van der Waals surface area contributed by atoms with Gasteiger partial charge in [0.2, 0.25) is 0 Å². The average Bonchev–Trinajstić information content (AvgIpc) is 0.760. The number of aromatic nitrogens is 5. The van der Waals surface area contributed by atoms with E-state index in [-0.39, 0.29) is 0 Å². The molecule has 0 atom stereocenters. The first-order valence-electron chi connectivity index (χ1n) is 32.6. The highest BCUT2D eigenvalue weighted by Crippen LogP contribution is 2.43. The van der Waals surface area contributed by atoms with Crippen molar-refractivity contribution in [3.63, 3.8) is 0 Å². The molecule has 0 fully saturated rings. The lowest BCUT2D eigenvalue weighted by atomic mass is 9.90. The molecule has 18 rings (SSSR count). The van der Waals surface area contributed by atoms with E-state index in [2.05, 4.69) is 315 Å². The zero-order chi connectivity index (χ0) is 63.5. The summed E-state index contributed by atoms with van der Waals surface area (Å²) >= 11 is 0. The predicted molar refractivity (Wildman–Crippen MR) is 400 cm³/mol. The summed E-state index contributed by atoms with van der Waals surface area (Å²) in [4.78, 5) is 26.6. The summed E-state index contributed by atoms with van der Waals surface area (Å²) in [6.45, 7) is 0. The largest absolute Gasteiger partial charge is 0.228 e. The van der Waals surface area contributed by atoms with Crippen LogP contribution < -0.4 is 0 Å². The molecule has 5 nitrogen and oxygen atoms in total. The number of fused-ring (bicyclic) bond motifs is 12. The van der Waals surface area contributed by atoms with E-state index in [1.165, 1.54) is 64.6 Å². The van der Waals surface area contributed by atoms with Gasteiger partial charge in [0.05, 0.1) is 11.4 Å². The van der Waals surface area contributed by atoms with Crippen molar-refractivity contribution in [2.24, 2.45) is 0 Å². The van der Waals surface area contributed by atoms with E-state index in [1.54, 1.807) is 0 Å². The van der Waals surface area contributed by atoms with Crippen molar-refractivity contribution in [2.45, 2.75) is 0 Å². The Hall–Kier alpha value is -12.8. The van der Waals surface area contributed by atoms with Crippen LogP contribution in [0, 0.1) is 0 Å². The van der Waals surface area contributed by atoms with Crippen LogP contribution in [0.3, 0.4) is 0 Å². The molecule has 0 aliphatic rings. The molecule has 0 aliphatic heterocycles. The van der Waals surface area contributed by atoms with Crippen LogP contribution in [0.25, 0.3) is 188 Å². The van der Waals surface area contributed by atoms with Gasteiger partial charge in [-0.15, -0.1) is 0 Å². The molecule has 0 saturated heterocycles. The molecule has 0 spiro atoms. The van der Waals surface area contributed by atoms with Crippen LogP contribution in [0.1, 0.15) is 0 Å². The van der Waals surface area contributed by atoms with E-state index in [0.29, 0.717) is 23.3 Å². The third kappa shape index (κ3) is 10.1. The molecule has 0 radical (unpaired) electrons. The van der Waals surface area contributed by atoms with Gasteiger partial charge in [0, 0.05) is 33.4 Å². The molecule has 2 aromatic heterocycles. The highest BCUT2D eigenvalue weighted by Gasteiger charge is 2.21. The van der Waals surface area contributed by atoms with Gasteiger partial charge in [0.15, 0.2) is 23.3 Å². The highest BCUT2D eigenvalue weighted by atomic mass is 15.0. The molecule has 18 aromatic rings. The molecule has 0 amide bonds. The quantitative estimate of drug-likeness (QED) is 0.121. The maximum atomic E-state index is 5.39. The summed E-state index contributed by atoms with van der Waals surface area (Å²) in [6.07, 6.45) is 0. The summed E-state index contributed by atoms with van der Waals surface area (Å²) in [7, 11) is 0. The molecule has 16 aromatic carbocycles. The van der Waals surface area contributed by atoms with Gasteiger partial charge >= 0.3 is 0 Å². The summed E-state index contributed by atoms with van der Waals surface area (Å²) in [5.41, 5.74) is 18.1. The second-order valence-electron chi connectivity index (χ2n) is 24.6. The van der Waals surface area contributed by atoms with Crippen LogP contribution in [0.15, 0.2) is 346 Å². The summed E-state index contributed by atoms with van der Waals surface area (Å²) < 4.78 is 0. The van der Waals surface area contributed by atoms with Gasteiger partial charge in [-0.25, -0.2) is 24.9 Å². The van der Waals surface area contributed by atoms with Crippen LogP contribution in [-0.4, -0.2) is 24.9 Å². The first-order valence-corrected chi connectivity index (χ1v) is 32.6. The molecule has 0 N–H and O–H groups in total. The summed E-state index contributed by atoms with van der Waals surface area (Å²) in [5, 5.41) is 15.0. The van der Waals surface area contributed by atoms with Crippen molar-refractivity contribution >= 4 is 64.6 Å². The molecule has 0 saturated carbocycles. The standard InChI is InChI=1S/C91H57N5/c1-4-22-59(23-5-1)86-57-87(60-24-6-2-7-25-60)93-90(92-86)82-51-48-65(54-83(82)69-31-21-29-64(53-69)67-47-50-80-76-38-14-12-34-72(76)74-36-16-18-40-78(74)85(80)56-67)58-42-44-62(45-43-58)89-94-88(61-26-8-3-9-27-61)95-91(96-89)81-41-19-10-32-70(81)68-30-20-28-63(52-68)66-46-49-79-75-37-13-11-33-71(75)73-35-15-17-39-77(73)84(79)55-66/h1-57H. The Labute approximate surface area is 555 Å². The molecule has 0 aliphatic carbocycles. The SMILES string of the molecule is c1ccc(-c2cc(-c3ccccc3)nc(-c3ccc(-c4ccc(-c5nc(-c6ccccc6)nc(-c6ccccc6-c6cccc(-c7ccc8c9ccccc9c9ccccc9c8c7)c6)n5)cc4)cc3-c3cccc(-c4ccc5c6ccccc6c6ccccc6c5c4)c3)n2)cc1. The fourth-order valence-corrected chi connectivity index (χ4v) is 14.2. The van der Waals surface area contributed by atoms with Gasteiger partial charge in [0.25, 0.3) is 0 Å². The third-order valence-corrected chi connectivity index (χ3v) is 18.9. The Bertz CT molecular complexity index is 5940. The second-order valence-corrected chi connectivity index (χ2v) is 24.6. The molecule has 96 heavy (non-hydrogen) atoms. The normalized spacial score (nSPS) is 11.5. The Morgan fingerprint density at radius 3 is 0.896 bits per heavy atom. The van der Waals surface area contributed by atoms with Gasteiger partial charge in [-0.3, -0.25) is 0 Å². The van der Waals surface area contributed by atoms with E-state index in [0.717, 1.165) is 100 Å². The van der Waals surface area contributed by atoms with Gasteiger partial charge in [-0.2, -0.15) is 0 Å². The van der Waals surface area contributed by atoms with E-state index in [9.17, 15) is 0 Å². The number of hydrogen-bond donors (Lipinski definition) is 0. The number of hydrogen-bond acceptors (Lipinski definition) is 5. The van der Waals surface area contributed by atoms with Gasteiger partial charge in [-0.1, -0.05) is 303 Å². The number of rotatable bonds is 11. The fraction of sp³-hybridized carbons (Fsp3) is 0. The van der Waals surface area contributed by atoms with Gasteiger partial charge in [-0.05, 0) is 163 Å². The van der Waals surface area contributed by atoms with Crippen molar-refractivity contribution in [1.29, 1.82) is 0 Å². The highest BCUT2D eigenvalue weighted by molar-refractivity contribution is 6.27. The third-order valence-electron chi connectivity index (χ3n) is 18.9. The molecule has 0 bridgehead atoms. The monoisotopic (exact) mass is 1220 g/mol. The van der Waals surface area contributed by atoms with E-state index < -0.39 is 0 Å². The Morgan fingerprint density at radius 2 is 0.417 bits per heavy atom. The van der Waals surface area contributed by atoms with E-state index in [1.807, 2.05) is 30.3 Å². The van der Waals surface area contributed by atoms with E-state index in [4.69, 9.17) is 24.9 Å². The zero-order valence-corrected chi connectivity index (χ0v) is 52.1. The lowest BCUT2D eigenvalue weighted by Crippen LogP contribution is -2.01. The zero-order valence-electron chi connectivity index (χ0n) is 52.1. The lowest BCUT2D eigenvalue weighted by Gasteiger charge is -2.16. The van der Waals surface area contributed by atoms with Gasteiger partial charge < -0.3 is 0 Å². The van der Waals surface area contributed by atoms with Crippen LogP contribution >= 0.6 is 0 Å². The summed E-state index contributed by atoms with van der Waals surface area (Å²) in [6, 6.07) is 123. The minimum absolute atomic E-state index is 0.581. The molecule has 2 heterocycles. The van der Waals surface area contributed by atoms with Crippen LogP contribution in [-0.2, 0) is 0 Å². The number of benzene rings is 16. The number of nitrogens with zero attached hydrogens (tertiary/aromatic N) is 5. The van der Waals surface area contributed by atoms with Crippen molar-refractivity contribution in [1.82, 2.24) is 24.9 Å². The minimum Gasteiger partial charge on any atom is -0.228 e. The molecule has 0 unspecified atom stereocenters. The van der Waals surface area contributed by atoms with Gasteiger partial charge in [0.1, 0.15) is 0 Å². The molecule has 446 valence electrons. The topological polar surface area (TPSA) is 64.5 Å². The van der Waals surface area contributed by atoms with Crippen molar-refractivity contribution < 1.29 is 0 Å². The lowest BCUT2D eigenvalue weighted by molar-refractivity contribution is 1.07. The van der Waals surface area contributed by atoms with Crippen LogP contribution in [0.2, 0.25) is 0 Å². The Morgan fingerprint density at radius 1 is 0.125 bits per heavy atom. The molecular weight excluding hydrogens is 1160 g/mol. The maximum absolute atomic E-state index is 5.39. The van der Waals surface area contributed by atoms with Crippen molar-refractivity contribution in [3.8, 4) is 124 Å². The Balaban J connectivity index is 0.740. The summed E-state index contributed by atoms with van der Waals surface area (Å²) in [5.74, 6) is 2.41. The Kier molecular flexibility index (Phi) is 13.8. The fourth-order valence-electron chi connectivity index (χ4n) is 14.2. The smallest absolute Gasteiger partial charge is 0.164 e. The molecule has 5 heteroatoms. The van der Waals surface area contributed by atoms with Crippen molar-refractivity contribution in [3.05, 3.63) is 346 Å². The second kappa shape index (κ2) is 23.7.